The second-order valence-electron chi connectivity index (χ2n) is 7.87. The van der Waals surface area contributed by atoms with Crippen molar-refractivity contribution >= 4 is 40.7 Å². The van der Waals surface area contributed by atoms with E-state index in [1.54, 1.807) is 25.1 Å². The maximum Gasteiger partial charge on any atom is 0.338 e. The summed E-state index contributed by atoms with van der Waals surface area (Å²) in [5.74, 6) is -2.40. The average molecular weight is 508 g/mol. The number of ketones is 1. The fourth-order valence-electron chi connectivity index (χ4n) is 4.00. The number of phenolic OH excluding ortho intramolecular Hbond substituents is 1. The molecule has 0 aliphatic carbocycles. The number of aromatic hydroxyl groups is 1. The molecule has 8 nitrogen and oxygen atoms in total. The fourth-order valence-corrected chi connectivity index (χ4v) is 4.21. The van der Waals surface area contributed by atoms with E-state index in [4.69, 9.17) is 21.1 Å². The molecule has 1 aliphatic heterocycles. The van der Waals surface area contributed by atoms with Crippen molar-refractivity contribution in [3.8, 4) is 11.5 Å². The molecule has 0 spiro atoms. The largest absolute Gasteiger partial charge is 0.508 e. The van der Waals surface area contributed by atoms with Gasteiger partial charge in [-0.2, -0.15) is 0 Å². The summed E-state index contributed by atoms with van der Waals surface area (Å²) in [5, 5.41) is 21.2. The zero-order valence-corrected chi connectivity index (χ0v) is 20.2. The molecule has 1 heterocycles. The number of Topliss-reactive ketones (excluding diaryl/α,β-unsaturated/α-hetero) is 1. The normalized spacial score (nSPS) is 16.8. The van der Waals surface area contributed by atoms with Gasteiger partial charge in [0.15, 0.2) is 0 Å². The number of rotatable bonds is 6. The lowest BCUT2D eigenvalue weighted by Gasteiger charge is -2.25. The van der Waals surface area contributed by atoms with Gasteiger partial charge in [0.05, 0.1) is 35.9 Å². The van der Waals surface area contributed by atoms with Crippen LogP contribution in [0.25, 0.3) is 5.76 Å². The summed E-state index contributed by atoms with van der Waals surface area (Å²) in [6.07, 6.45) is 0. The van der Waals surface area contributed by atoms with Crippen LogP contribution in [0.15, 0.2) is 72.3 Å². The van der Waals surface area contributed by atoms with Gasteiger partial charge < -0.3 is 19.7 Å². The van der Waals surface area contributed by atoms with E-state index in [0.29, 0.717) is 17.0 Å². The molecule has 2 N–H and O–H groups in total. The van der Waals surface area contributed by atoms with Crippen LogP contribution in [0.4, 0.5) is 5.69 Å². The lowest BCUT2D eigenvalue weighted by atomic mass is 9.95. The van der Waals surface area contributed by atoms with Crippen molar-refractivity contribution in [2.24, 2.45) is 0 Å². The third-order valence-electron chi connectivity index (χ3n) is 5.74. The van der Waals surface area contributed by atoms with Crippen molar-refractivity contribution in [3.05, 3.63) is 94.0 Å². The highest BCUT2D eigenvalue weighted by molar-refractivity contribution is 6.52. The number of esters is 1. The van der Waals surface area contributed by atoms with Crippen molar-refractivity contribution in [1.82, 2.24) is 0 Å². The summed E-state index contributed by atoms with van der Waals surface area (Å²) in [6.45, 7) is 1.90. The predicted octanol–water partition coefficient (Wildman–Crippen LogP) is 4.86. The van der Waals surface area contributed by atoms with Crippen LogP contribution in [0.2, 0.25) is 5.02 Å². The summed E-state index contributed by atoms with van der Waals surface area (Å²) in [7, 11) is 1.45. The number of hydrogen-bond acceptors (Lipinski definition) is 7. The number of benzene rings is 3. The summed E-state index contributed by atoms with van der Waals surface area (Å²) < 4.78 is 10.2. The number of carbonyl (C=O) groups excluding carboxylic acids is 3. The van der Waals surface area contributed by atoms with E-state index >= 15 is 0 Å². The van der Waals surface area contributed by atoms with E-state index in [1.165, 1.54) is 60.5 Å². The number of phenols is 1. The van der Waals surface area contributed by atoms with Gasteiger partial charge in [0.1, 0.15) is 17.3 Å². The third kappa shape index (κ3) is 4.50. The topological polar surface area (TPSA) is 113 Å². The quantitative estimate of drug-likeness (QED) is 0.212. The predicted molar refractivity (Wildman–Crippen MR) is 133 cm³/mol. The Hall–Kier alpha value is -4.30. The van der Waals surface area contributed by atoms with Crippen molar-refractivity contribution < 1.29 is 34.1 Å². The number of ether oxygens (including phenoxy) is 2. The number of aliphatic hydroxyl groups is 1. The molecule has 1 saturated heterocycles. The molecule has 9 heteroatoms. The maximum atomic E-state index is 13.3. The van der Waals surface area contributed by atoms with Gasteiger partial charge in [-0.15, -0.1) is 0 Å². The number of methoxy groups -OCH3 is 1. The van der Waals surface area contributed by atoms with Gasteiger partial charge in [-0.1, -0.05) is 23.7 Å². The zero-order valence-electron chi connectivity index (χ0n) is 19.4. The van der Waals surface area contributed by atoms with E-state index in [0.717, 1.165) is 0 Å². The lowest BCUT2D eigenvalue weighted by Crippen LogP contribution is -2.29. The van der Waals surface area contributed by atoms with Gasteiger partial charge in [0.25, 0.3) is 11.7 Å². The Morgan fingerprint density at radius 2 is 1.69 bits per heavy atom. The van der Waals surface area contributed by atoms with Crippen LogP contribution < -0.4 is 9.64 Å². The van der Waals surface area contributed by atoms with E-state index in [9.17, 15) is 24.6 Å². The first-order chi connectivity index (χ1) is 17.3. The van der Waals surface area contributed by atoms with E-state index in [2.05, 4.69) is 0 Å². The molecule has 0 aromatic heterocycles. The average Bonchev–Trinajstić information content (AvgIpc) is 3.15. The zero-order chi connectivity index (χ0) is 26.0. The van der Waals surface area contributed by atoms with Gasteiger partial charge in [0.2, 0.25) is 0 Å². The fraction of sp³-hybridized carbons (Fsp3) is 0.148. The molecule has 4 rings (SSSR count). The molecular formula is C27H22ClNO7. The van der Waals surface area contributed by atoms with Crippen molar-refractivity contribution in [2.75, 3.05) is 18.6 Å². The molecule has 3 aromatic rings. The minimum atomic E-state index is -1.04. The Morgan fingerprint density at radius 1 is 1.03 bits per heavy atom. The van der Waals surface area contributed by atoms with Crippen LogP contribution in [0, 0.1) is 0 Å². The summed E-state index contributed by atoms with van der Waals surface area (Å²) >= 11 is 6.31. The van der Waals surface area contributed by atoms with Crippen LogP contribution in [0.3, 0.4) is 0 Å². The number of anilines is 1. The smallest absolute Gasteiger partial charge is 0.338 e. The Kier molecular flexibility index (Phi) is 6.98. The summed E-state index contributed by atoms with van der Waals surface area (Å²) in [4.78, 5) is 39.8. The van der Waals surface area contributed by atoms with Gasteiger partial charge >= 0.3 is 5.97 Å². The Balaban J connectivity index is 1.89. The number of aliphatic hydroxyl groups excluding tert-OH is 1. The maximum absolute atomic E-state index is 13.3. The third-order valence-corrected chi connectivity index (χ3v) is 6.07. The van der Waals surface area contributed by atoms with Gasteiger partial charge in [0, 0.05) is 11.3 Å². The Labute approximate surface area is 211 Å². The van der Waals surface area contributed by atoms with E-state index < -0.39 is 29.5 Å². The van der Waals surface area contributed by atoms with Gasteiger partial charge in [-0.3, -0.25) is 14.5 Å². The van der Waals surface area contributed by atoms with Crippen LogP contribution in [-0.2, 0) is 14.3 Å². The van der Waals surface area contributed by atoms with Crippen LogP contribution in [0.1, 0.15) is 34.5 Å². The molecule has 0 saturated carbocycles. The summed E-state index contributed by atoms with van der Waals surface area (Å²) in [5.41, 5.74) is 0.994. The first kappa shape index (κ1) is 24.8. The summed E-state index contributed by atoms with van der Waals surface area (Å²) in [6, 6.07) is 15.5. The second kappa shape index (κ2) is 10.1. The molecule has 1 unspecified atom stereocenters. The molecule has 1 amide bonds. The Morgan fingerprint density at radius 3 is 2.31 bits per heavy atom. The van der Waals surface area contributed by atoms with Crippen LogP contribution >= 0.6 is 11.6 Å². The first-order valence-electron chi connectivity index (χ1n) is 11.0. The molecule has 1 fully saturated rings. The minimum Gasteiger partial charge on any atom is -0.508 e. The first-order valence-corrected chi connectivity index (χ1v) is 11.4. The van der Waals surface area contributed by atoms with Crippen LogP contribution in [0.5, 0.6) is 11.5 Å². The molecule has 1 aliphatic rings. The molecular weight excluding hydrogens is 486 g/mol. The van der Waals surface area contributed by atoms with Crippen LogP contribution in [-0.4, -0.2) is 41.6 Å². The van der Waals surface area contributed by atoms with E-state index in [1.807, 2.05) is 0 Å². The van der Waals surface area contributed by atoms with Crippen molar-refractivity contribution in [2.45, 2.75) is 13.0 Å². The molecule has 3 aromatic carbocycles. The highest BCUT2D eigenvalue weighted by atomic mass is 35.5. The van der Waals surface area contributed by atoms with Crippen molar-refractivity contribution in [1.29, 1.82) is 0 Å². The standard InChI is InChI=1S/C27H22ClNO7/c1-3-36-27(34)16-4-8-17(9-5-16)29-23(15-6-10-18(30)11-7-15)22(25(32)26(29)33)24(31)20-14-19(35-2)12-13-21(20)28/h4-14,23,30-31H,3H2,1-2H3/b24-22+. The number of hydrogen-bond donors (Lipinski definition) is 2. The monoisotopic (exact) mass is 507 g/mol. The molecule has 1 atom stereocenters. The highest BCUT2D eigenvalue weighted by Crippen LogP contribution is 2.43. The molecule has 0 bridgehead atoms. The highest BCUT2D eigenvalue weighted by Gasteiger charge is 2.47. The van der Waals surface area contributed by atoms with E-state index in [-0.39, 0.29) is 34.1 Å². The molecule has 184 valence electrons. The SMILES string of the molecule is CCOC(=O)c1ccc(N2C(=O)C(=O)/C(=C(/O)c3cc(OC)ccc3Cl)C2c2ccc(O)cc2)cc1. The molecule has 36 heavy (non-hydrogen) atoms. The minimum absolute atomic E-state index is 0.00895. The second-order valence-corrected chi connectivity index (χ2v) is 8.28. The number of nitrogens with zero attached hydrogens (tertiary/aromatic N) is 1. The van der Waals surface area contributed by atoms with Crippen molar-refractivity contribution in [3.63, 3.8) is 0 Å². The number of amides is 1. The number of carbonyl (C=O) groups is 3. The Bertz CT molecular complexity index is 1360. The lowest BCUT2D eigenvalue weighted by molar-refractivity contribution is -0.132. The van der Waals surface area contributed by atoms with Gasteiger partial charge in [-0.05, 0) is 67.1 Å². The number of halogens is 1. The molecule has 0 radical (unpaired) electrons. The van der Waals surface area contributed by atoms with Gasteiger partial charge in [-0.25, -0.2) is 4.79 Å².